The SMILES string of the molecule is Cc1ccc(NC(=O)CC(=O)NN=Cc2ccccc2OCc2ccc(Br)cc2)cc1C. The average molecular weight is 494 g/mol. The van der Waals surface area contributed by atoms with Crippen LogP contribution in [0.2, 0.25) is 0 Å². The van der Waals surface area contributed by atoms with Crippen LogP contribution in [0.5, 0.6) is 5.75 Å². The maximum atomic E-state index is 12.1. The van der Waals surface area contributed by atoms with E-state index in [-0.39, 0.29) is 6.42 Å². The van der Waals surface area contributed by atoms with Crippen LogP contribution in [0.4, 0.5) is 5.69 Å². The van der Waals surface area contributed by atoms with Crippen molar-refractivity contribution in [2.45, 2.75) is 26.9 Å². The van der Waals surface area contributed by atoms with E-state index in [1.165, 1.54) is 6.21 Å². The number of ether oxygens (including phenoxy) is 1. The molecular weight excluding hydrogens is 470 g/mol. The van der Waals surface area contributed by atoms with Gasteiger partial charge in [0.15, 0.2) is 0 Å². The highest BCUT2D eigenvalue weighted by atomic mass is 79.9. The molecule has 0 aliphatic rings. The average Bonchev–Trinajstić information content (AvgIpc) is 2.76. The molecule has 3 aromatic rings. The lowest BCUT2D eigenvalue weighted by Crippen LogP contribution is -2.24. The molecule has 6 nitrogen and oxygen atoms in total. The van der Waals surface area contributed by atoms with Crippen molar-refractivity contribution in [2.24, 2.45) is 5.10 Å². The van der Waals surface area contributed by atoms with Crippen molar-refractivity contribution in [3.05, 3.63) is 93.5 Å². The predicted octanol–water partition coefficient (Wildman–Crippen LogP) is 5.12. The first-order chi connectivity index (χ1) is 15.4. The Morgan fingerprint density at radius 2 is 1.72 bits per heavy atom. The van der Waals surface area contributed by atoms with Gasteiger partial charge < -0.3 is 10.1 Å². The van der Waals surface area contributed by atoms with Crippen LogP contribution < -0.4 is 15.5 Å². The highest BCUT2D eigenvalue weighted by Gasteiger charge is 2.09. The zero-order valence-corrected chi connectivity index (χ0v) is 19.5. The van der Waals surface area contributed by atoms with E-state index in [0.29, 0.717) is 23.6 Å². The molecule has 164 valence electrons. The number of benzene rings is 3. The molecule has 2 amide bonds. The van der Waals surface area contributed by atoms with Crippen LogP contribution in [0.1, 0.15) is 28.7 Å². The number of anilines is 1. The molecule has 2 N–H and O–H groups in total. The lowest BCUT2D eigenvalue weighted by atomic mass is 10.1. The number of para-hydroxylation sites is 1. The molecule has 0 atom stereocenters. The molecule has 0 unspecified atom stereocenters. The van der Waals surface area contributed by atoms with Gasteiger partial charge in [0.25, 0.3) is 0 Å². The molecule has 3 aromatic carbocycles. The summed E-state index contributed by atoms with van der Waals surface area (Å²) in [5, 5.41) is 6.68. The quantitative estimate of drug-likeness (QED) is 0.259. The molecule has 0 spiro atoms. The number of aryl methyl sites for hydroxylation is 2. The fourth-order valence-corrected chi connectivity index (χ4v) is 3.11. The van der Waals surface area contributed by atoms with Crippen LogP contribution >= 0.6 is 15.9 Å². The van der Waals surface area contributed by atoms with Crippen molar-refractivity contribution in [2.75, 3.05) is 5.32 Å². The number of rotatable bonds is 8. The number of amides is 2. The second-order valence-corrected chi connectivity index (χ2v) is 8.19. The molecule has 0 aliphatic carbocycles. The predicted molar refractivity (Wildman–Crippen MR) is 130 cm³/mol. The molecule has 32 heavy (non-hydrogen) atoms. The molecule has 7 heteroatoms. The van der Waals surface area contributed by atoms with Gasteiger partial charge >= 0.3 is 0 Å². The van der Waals surface area contributed by atoms with Gasteiger partial charge in [-0.2, -0.15) is 5.10 Å². The van der Waals surface area contributed by atoms with E-state index >= 15 is 0 Å². The number of nitrogens with zero attached hydrogens (tertiary/aromatic N) is 1. The third kappa shape index (κ3) is 7.06. The summed E-state index contributed by atoms with van der Waals surface area (Å²) in [6.45, 7) is 4.37. The highest BCUT2D eigenvalue weighted by Crippen LogP contribution is 2.19. The number of halogens is 1. The lowest BCUT2D eigenvalue weighted by molar-refractivity contribution is -0.126. The molecule has 0 fully saturated rings. The second kappa shape index (κ2) is 11.2. The minimum atomic E-state index is -0.504. The number of nitrogens with one attached hydrogen (secondary N) is 2. The number of hydrazone groups is 1. The van der Waals surface area contributed by atoms with Gasteiger partial charge in [-0.25, -0.2) is 5.43 Å². The Kier molecular flexibility index (Phi) is 8.16. The van der Waals surface area contributed by atoms with Crippen LogP contribution in [0.15, 0.2) is 76.3 Å². The molecule has 0 bridgehead atoms. The zero-order valence-electron chi connectivity index (χ0n) is 17.9. The maximum Gasteiger partial charge on any atom is 0.249 e. The Labute approximate surface area is 195 Å². The topological polar surface area (TPSA) is 79.8 Å². The van der Waals surface area contributed by atoms with Crippen molar-refractivity contribution in [3.8, 4) is 5.75 Å². The zero-order chi connectivity index (χ0) is 22.9. The second-order valence-electron chi connectivity index (χ2n) is 7.27. The summed E-state index contributed by atoms with van der Waals surface area (Å²) < 4.78 is 6.89. The fourth-order valence-electron chi connectivity index (χ4n) is 2.84. The molecule has 0 heterocycles. The van der Waals surface area contributed by atoms with Crippen molar-refractivity contribution < 1.29 is 14.3 Å². The van der Waals surface area contributed by atoms with Gasteiger partial charge in [0.2, 0.25) is 11.8 Å². The monoisotopic (exact) mass is 493 g/mol. The Bertz CT molecular complexity index is 1130. The van der Waals surface area contributed by atoms with Crippen LogP contribution in [0.25, 0.3) is 0 Å². The van der Waals surface area contributed by atoms with E-state index in [2.05, 4.69) is 31.8 Å². The maximum absolute atomic E-state index is 12.1. The summed E-state index contributed by atoms with van der Waals surface area (Å²) in [7, 11) is 0. The van der Waals surface area contributed by atoms with Crippen molar-refractivity contribution in [1.82, 2.24) is 5.43 Å². The standard InChI is InChI=1S/C25H24BrN3O3/c1-17-7-12-22(13-18(17)2)28-24(30)14-25(31)29-27-15-20-5-3-4-6-23(20)32-16-19-8-10-21(26)11-9-19/h3-13,15H,14,16H2,1-2H3,(H,28,30)(H,29,31). The number of carbonyl (C=O) groups is 2. The first-order valence-corrected chi connectivity index (χ1v) is 10.9. The van der Waals surface area contributed by atoms with E-state index < -0.39 is 11.8 Å². The Hall–Kier alpha value is -3.45. The van der Waals surface area contributed by atoms with Gasteiger partial charge in [-0.1, -0.05) is 46.3 Å². The summed E-state index contributed by atoms with van der Waals surface area (Å²) in [6, 6.07) is 20.8. The van der Waals surface area contributed by atoms with Crippen LogP contribution in [-0.2, 0) is 16.2 Å². The molecule has 3 rings (SSSR count). The van der Waals surface area contributed by atoms with E-state index in [4.69, 9.17) is 4.74 Å². The summed E-state index contributed by atoms with van der Waals surface area (Å²) in [5.41, 5.74) is 6.99. The van der Waals surface area contributed by atoms with Crippen molar-refractivity contribution >= 4 is 39.6 Å². The van der Waals surface area contributed by atoms with Gasteiger partial charge in [-0.05, 0) is 66.9 Å². The smallest absolute Gasteiger partial charge is 0.249 e. The van der Waals surface area contributed by atoms with Gasteiger partial charge in [0, 0.05) is 15.7 Å². The summed E-state index contributed by atoms with van der Waals surface area (Å²) in [6.07, 6.45) is 1.17. The van der Waals surface area contributed by atoms with Crippen LogP contribution in [-0.4, -0.2) is 18.0 Å². The fraction of sp³-hybridized carbons (Fsp3) is 0.160. The van der Waals surface area contributed by atoms with Crippen molar-refractivity contribution in [1.29, 1.82) is 0 Å². The highest BCUT2D eigenvalue weighted by molar-refractivity contribution is 9.10. The molecule has 0 saturated carbocycles. The normalized spacial score (nSPS) is 10.7. The summed E-state index contributed by atoms with van der Waals surface area (Å²) in [4.78, 5) is 24.2. The third-order valence-corrected chi connectivity index (χ3v) is 5.26. The number of hydrogen-bond donors (Lipinski definition) is 2. The van der Waals surface area contributed by atoms with E-state index in [1.54, 1.807) is 0 Å². The van der Waals surface area contributed by atoms with Crippen LogP contribution in [0.3, 0.4) is 0 Å². The van der Waals surface area contributed by atoms with Gasteiger partial charge in [-0.3, -0.25) is 9.59 Å². The van der Waals surface area contributed by atoms with E-state index in [1.807, 2.05) is 80.6 Å². The molecular formula is C25H24BrN3O3. The largest absolute Gasteiger partial charge is 0.488 e. The first kappa shape index (κ1) is 23.2. The van der Waals surface area contributed by atoms with Gasteiger partial charge in [-0.15, -0.1) is 0 Å². The number of hydrogen-bond acceptors (Lipinski definition) is 4. The lowest BCUT2D eigenvalue weighted by Gasteiger charge is -2.09. The minimum absolute atomic E-state index is 0.327. The van der Waals surface area contributed by atoms with Gasteiger partial charge in [0.1, 0.15) is 18.8 Å². The first-order valence-electron chi connectivity index (χ1n) is 10.1. The molecule has 0 saturated heterocycles. The van der Waals surface area contributed by atoms with Gasteiger partial charge in [0.05, 0.1) is 6.21 Å². The Balaban J connectivity index is 1.51. The molecule has 0 radical (unpaired) electrons. The van der Waals surface area contributed by atoms with Crippen LogP contribution in [0, 0.1) is 13.8 Å². The van der Waals surface area contributed by atoms with E-state index in [0.717, 1.165) is 21.2 Å². The Morgan fingerprint density at radius 1 is 0.969 bits per heavy atom. The number of carbonyl (C=O) groups excluding carboxylic acids is 2. The third-order valence-electron chi connectivity index (χ3n) is 4.73. The summed E-state index contributed by atoms with van der Waals surface area (Å²) >= 11 is 3.41. The van der Waals surface area contributed by atoms with E-state index in [9.17, 15) is 9.59 Å². The summed E-state index contributed by atoms with van der Waals surface area (Å²) in [5.74, 6) is -0.268. The minimum Gasteiger partial charge on any atom is -0.488 e. The Morgan fingerprint density at radius 3 is 2.47 bits per heavy atom. The van der Waals surface area contributed by atoms with Crippen molar-refractivity contribution in [3.63, 3.8) is 0 Å². The molecule has 0 aromatic heterocycles. The molecule has 0 aliphatic heterocycles.